The first-order chi connectivity index (χ1) is 9.17. The van der Waals surface area contributed by atoms with E-state index in [1.807, 2.05) is 0 Å². The van der Waals surface area contributed by atoms with Crippen LogP contribution >= 0.6 is 0 Å². The van der Waals surface area contributed by atoms with Gasteiger partial charge in [-0.1, -0.05) is 32.8 Å². The van der Waals surface area contributed by atoms with Crippen molar-refractivity contribution in [2.45, 2.75) is 45.4 Å². The predicted octanol–water partition coefficient (Wildman–Crippen LogP) is 4.21. The lowest BCUT2D eigenvalue weighted by Gasteiger charge is -2.09. The second-order valence-corrected chi connectivity index (χ2v) is 4.76. The maximum atomic E-state index is 11.2. The zero-order chi connectivity index (χ0) is 13.8. The van der Waals surface area contributed by atoms with Crippen LogP contribution in [0.2, 0.25) is 0 Å². The zero-order valence-electron chi connectivity index (χ0n) is 11.3. The zero-order valence-corrected chi connectivity index (χ0v) is 11.3. The molecule has 2 aromatic rings. The largest absolute Gasteiger partial charge is 0.478 e. The van der Waals surface area contributed by atoms with Gasteiger partial charge < -0.3 is 9.52 Å². The van der Waals surface area contributed by atoms with Crippen LogP contribution in [0.25, 0.3) is 11.1 Å². The Hall–Kier alpha value is -1.84. The molecule has 4 nitrogen and oxygen atoms in total. The standard InChI is InChI=1S/C15H19NO3/c1-3-5-7-10(4-2)14-16-13-11(15(17)18)8-6-9-12(13)19-14/h6,8-10H,3-5,7H2,1-2H3,(H,17,18). The van der Waals surface area contributed by atoms with Gasteiger partial charge in [0.15, 0.2) is 11.5 Å². The molecule has 0 spiro atoms. The van der Waals surface area contributed by atoms with Gasteiger partial charge >= 0.3 is 5.97 Å². The monoisotopic (exact) mass is 261 g/mol. The van der Waals surface area contributed by atoms with Crippen LogP contribution in [0.5, 0.6) is 0 Å². The summed E-state index contributed by atoms with van der Waals surface area (Å²) in [5.41, 5.74) is 1.22. The van der Waals surface area contributed by atoms with E-state index in [0.29, 0.717) is 17.0 Å². The van der Waals surface area contributed by atoms with E-state index in [1.165, 1.54) is 0 Å². The number of para-hydroxylation sites is 1. The van der Waals surface area contributed by atoms with Gasteiger partial charge in [0.2, 0.25) is 0 Å². The molecule has 1 heterocycles. The minimum atomic E-state index is -0.966. The van der Waals surface area contributed by atoms with Crippen LogP contribution in [0.1, 0.15) is 61.7 Å². The number of unbranched alkanes of at least 4 members (excludes halogenated alkanes) is 1. The number of carboxylic acids is 1. The van der Waals surface area contributed by atoms with Crippen LogP contribution in [0, 0.1) is 0 Å². The lowest BCUT2D eigenvalue weighted by molar-refractivity contribution is 0.0699. The Kier molecular flexibility index (Phi) is 4.20. The van der Waals surface area contributed by atoms with Crippen molar-refractivity contribution in [3.05, 3.63) is 29.7 Å². The lowest BCUT2D eigenvalue weighted by atomic mass is 9.99. The van der Waals surface area contributed by atoms with Crippen molar-refractivity contribution >= 4 is 17.1 Å². The minimum absolute atomic E-state index is 0.206. The summed E-state index contributed by atoms with van der Waals surface area (Å²) in [4.78, 5) is 15.6. The van der Waals surface area contributed by atoms with Gasteiger partial charge in [-0.3, -0.25) is 0 Å². The molecule has 1 aromatic heterocycles. The maximum absolute atomic E-state index is 11.2. The second-order valence-electron chi connectivity index (χ2n) is 4.76. The summed E-state index contributed by atoms with van der Waals surface area (Å²) >= 11 is 0. The molecule has 4 heteroatoms. The van der Waals surface area contributed by atoms with Gasteiger partial charge in [0, 0.05) is 5.92 Å². The van der Waals surface area contributed by atoms with Crippen molar-refractivity contribution in [3.63, 3.8) is 0 Å². The Balaban J connectivity index is 2.40. The summed E-state index contributed by atoms with van der Waals surface area (Å²) in [5.74, 6) is -0.0271. The smallest absolute Gasteiger partial charge is 0.338 e. The van der Waals surface area contributed by atoms with E-state index in [-0.39, 0.29) is 11.5 Å². The maximum Gasteiger partial charge on any atom is 0.338 e. The van der Waals surface area contributed by atoms with Crippen LogP contribution in [0.3, 0.4) is 0 Å². The number of oxazole rings is 1. The second kappa shape index (κ2) is 5.87. The van der Waals surface area contributed by atoms with Gasteiger partial charge in [0.05, 0.1) is 5.56 Å². The molecule has 0 amide bonds. The molecular formula is C15H19NO3. The highest BCUT2D eigenvalue weighted by molar-refractivity contribution is 6.00. The fraction of sp³-hybridized carbons (Fsp3) is 0.467. The highest BCUT2D eigenvalue weighted by Gasteiger charge is 2.19. The number of hydrogen-bond acceptors (Lipinski definition) is 3. The van der Waals surface area contributed by atoms with Crippen LogP contribution in [-0.4, -0.2) is 16.1 Å². The molecule has 102 valence electrons. The molecule has 0 saturated carbocycles. The molecule has 0 saturated heterocycles. The Morgan fingerprint density at radius 3 is 2.84 bits per heavy atom. The van der Waals surface area contributed by atoms with Gasteiger partial charge in [0.25, 0.3) is 0 Å². The molecule has 0 radical (unpaired) electrons. The van der Waals surface area contributed by atoms with Gasteiger partial charge in [0.1, 0.15) is 5.52 Å². The molecule has 0 aliphatic carbocycles. The fourth-order valence-electron chi connectivity index (χ4n) is 2.27. The third kappa shape index (κ3) is 2.78. The Morgan fingerprint density at radius 1 is 1.42 bits per heavy atom. The van der Waals surface area contributed by atoms with E-state index < -0.39 is 5.97 Å². The molecule has 1 atom stereocenters. The number of aromatic carboxylic acids is 1. The average molecular weight is 261 g/mol. The van der Waals surface area contributed by atoms with E-state index in [1.54, 1.807) is 18.2 Å². The molecule has 0 aliphatic rings. The molecule has 1 unspecified atom stereocenters. The van der Waals surface area contributed by atoms with Crippen molar-refractivity contribution in [3.8, 4) is 0 Å². The number of rotatable bonds is 6. The van der Waals surface area contributed by atoms with Crippen molar-refractivity contribution in [2.75, 3.05) is 0 Å². The number of aromatic nitrogens is 1. The van der Waals surface area contributed by atoms with Crippen molar-refractivity contribution < 1.29 is 14.3 Å². The van der Waals surface area contributed by atoms with E-state index in [0.717, 1.165) is 25.7 Å². The van der Waals surface area contributed by atoms with Crippen LogP contribution < -0.4 is 0 Å². The third-order valence-electron chi connectivity index (χ3n) is 3.41. The topological polar surface area (TPSA) is 63.3 Å². The first-order valence-corrected chi connectivity index (χ1v) is 6.80. The quantitative estimate of drug-likeness (QED) is 0.846. The summed E-state index contributed by atoms with van der Waals surface area (Å²) in [5, 5.41) is 9.15. The molecule has 1 aromatic carbocycles. The molecule has 2 rings (SSSR count). The number of carboxylic acid groups (broad SMARTS) is 1. The number of benzene rings is 1. The van der Waals surface area contributed by atoms with Crippen molar-refractivity contribution in [2.24, 2.45) is 0 Å². The molecule has 0 fully saturated rings. The number of carbonyl (C=O) groups is 1. The normalized spacial score (nSPS) is 12.7. The average Bonchev–Trinajstić information content (AvgIpc) is 2.82. The molecule has 0 bridgehead atoms. The Labute approximate surface area is 112 Å². The first-order valence-electron chi connectivity index (χ1n) is 6.80. The minimum Gasteiger partial charge on any atom is -0.478 e. The van der Waals surface area contributed by atoms with Crippen molar-refractivity contribution in [1.82, 2.24) is 4.98 Å². The number of nitrogens with zero attached hydrogens (tertiary/aromatic N) is 1. The Morgan fingerprint density at radius 2 is 2.21 bits per heavy atom. The lowest BCUT2D eigenvalue weighted by Crippen LogP contribution is -1.99. The van der Waals surface area contributed by atoms with Gasteiger partial charge in [-0.15, -0.1) is 0 Å². The summed E-state index contributed by atoms with van der Waals surface area (Å²) in [7, 11) is 0. The Bertz CT molecular complexity index is 574. The summed E-state index contributed by atoms with van der Waals surface area (Å²) in [6.45, 7) is 4.26. The molecule has 1 N–H and O–H groups in total. The molecule has 0 aliphatic heterocycles. The molecular weight excluding hydrogens is 242 g/mol. The van der Waals surface area contributed by atoms with Crippen LogP contribution in [0.15, 0.2) is 22.6 Å². The highest BCUT2D eigenvalue weighted by atomic mass is 16.4. The van der Waals surface area contributed by atoms with E-state index >= 15 is 0 Å². The van der Waals surface area contributed by atoms with Gasteiger partial charge in [-0.2, -0.15) is 0 Å². The van der Waals surface area contributed by atoms with E-state index in [4.69, 9.17) is 9.52 Å². The van der Waals surface area contributed by atoms with E-state index in [9.17, 15) is 4.79 Å². The van der Waals surface area contributed by atoms with Crippen molar-refractivity contribution in [1.29, 1.82) is 0 Å². The highest BCUT2D eigenvalue weighted by Crippen LogP contribution is 2.29. The van der Waals surface area contributed by atoms with Crippen LogP contribution in [0.4, 0.5) is 0 Å². The summed E-state index contributed by atoms with van der Waals surface area (Å²) in [6, 6.07) is 5.02. The van der Waals surface area contributed by atoms with Gasteiger partial charge in [-0.25, -0.2) is 9.78 Å². The third-order valence-corrected chi connectivity index (χ3v) is 3.41. The van der Waals surface area contributed by atoms with E-state index in [2.05, 4.69) is 18.8 Å². The molecule has 19 heavy (non-hydrogen) atoms. The summed E-state index contributed by atoms with van der Waals surface area (Å²) < 4.78 is 5.73. The number of hydrogen-bond donors (Lipinski definition) is 1. The number of fused-ring (bicyclic) bond motifs is 1. The SMILES string of the molecule is CCCCC(CC)c1nc2c(C(=O)O)cccc2o1. The predicted molar refractivity (Wildman–Crippen MR) is 73.5 cm³/mol. The first kappa shape index (κ1) is 13.6. The van der Waals surface area contributed by atoms with Gasteiger partial charge in [-0.05, 0) is 25.0 Å². The fourth-order valence-corrected chi connectivity index (χ4v) is 2.27. The van der Waals surface area contributed by atoms with Crippen LogP contribution in [-0.2, 0) is 0 Å². The summed E-state index contributed by atoms with van der Waals surface area (Å²) in [6.07, 6.45) is 4.25.